The highest BCUT2D eigenvalue weighted by Gasteiger charge is 2.33. The van der Waals surface area contributed by atoms with E-state index < -0.39 is 9.84 Å². The van der Waals surface area contributed by atoms with Crippen LogP contribution in [-0.2, 0) is 16.3 Å². The van der Waals surface area contributed by atoms with Crippen molar-refractivity contribution in [1.82, 2.24) is 19.5 Å². The van der Waals surface area contributed by atoms with E-state index in [0.717, 1.165) is 46.3 Å². The topological polar surface area (TPSA) is 77.7 Å². The number of aromatic nitrogens is 4. The fourth-order valence-corrected chi connectivity index (χ4v) is 8.43. The second-order valence-corrected chi connectivity index (χ2v) is 13.5. The van der Waals surface area contributed by atoms with Crippen molar-refractivity contribution < 1.29 is 8.42 Å². The minimum absolute atomic E-state index is 0.272. The molecule has 1 aliphatic heterocycles. The summed E-state index contributed by atoms with van der Waals surface area (Å²) in [7, 11) is -3.67. The Kier molecular flexibility index (Phi) is 5.92. The van der Waals surface area contributed by atoms with Crippen LogP contribution >= 0.6 is 0 Å². The Hall–Kier alpha value is -5.66. The Bertz CT molecular complexity index is 2480. The molecule has 46 heavy (non-hydrogen) atoms. The summed E-state index contributed by atoms with van der Waals surface area (Å²) >= 11 is 0. The molecule has 9 rings (SSSR count). The smallest absolute Gasteiger partial charge is 0.238 e. The van der Waals surface area contributed by atoms with Crippen LogP contribution in [0, 0.1) is 0 Å². The number of allylic oxidation sites excluding steroid dienone is 1. The first-order valence-corrected chi connectivity index (χ1v) is 16.7. The highest BCUT2D eigenvalue weighted by molar-refractivity contribution is 7.92. The Balaban J connectivity index is 1.26. The number of aryl methyl sites for hydroxylation is 1. The summed E-state index contributed by atoms with van der Waals surface area (Å²) in [5.74, 6) is 1.41. The molecule has 2 aromatic heterocycles. The third-order valence-corrected chi connectivity index (χ3v) is 10.8. The van der Waals surface area contributed by atoms with Crippen molar-refractivity contribution in [3.63, 3.8) is 0 Å². The van der Waals surface area contributed by atoms with E-state index in [1.807, 2.05) is 60.7 Å². The van der Waals surface area contributed by atoms with Gasteiger partial charge in [-0.3, -0.25) is 4.57 Å². The molecule has 0 spiro atoms. The number of hydrogen-bond donors (Lipinski definition) is 0. The van der Waals surface area contributed by atoms with Gasteiger partial charge in [0.1, 0.15) is 0 Å². The molecule has 0 amide bonds. The maximum Gasteiger partial charge on any atom is 0.238 e. The van der Waals surface area contributed by atoms with Gasteiger partial charge in [0.05, 0.1) is 21.0 Å². The quantitative estimate of drug-likeness (QED) is 0.198. The lowest BCUT2D eigenvalue weighted by Gasteiger charge is -2.13. The Morgan fingerprint density at radius 3 is 2.09 bits per heavy atom. The van der Waals surface area contributed by atoms with Crippen LogP contribution in [0.15, 0.2) is 137 Å². The first kappa shape index (κ1) is 26.7. The van der Waals surface area contributed by atoms with Gasteiger partial charge in [-0.1, -0.05) is 109 Å². The molecule has 6 nitrogen and oxygen atoms in total. The molecule has 2 aliphatic rings. The van der Waals surface area contributed by atoms with Gasteiger partial charge in [-0.25, -0.2) is 13.4 Å². The minimum Gasteiger partial charge on any atom is -0.278 e. The fraction of sp³-hybridized carbons (Fsp3) is 0.0513. The number of rotatable bonds is 4. The van der Waals surface area contributed by atoms with Crippen LogP contribution < -0.4 is 0 Å². The first-order chi connectivity index (χ1) is 22.6. The van der Waals surface area contributed by atoms with Crippen LogP contribution in [0.5, 0.6) is 0 Å². The predicted octanol–water partition coefficient (Wildman–Crippen LogP) is 8.59. The molecule has 1 aliphatic carbocycles. The van der Waals surface area contributed by atoms with E-state index in [1.165, 1.54) is 10.9 Å². The van der Waals surface area contributed by atoms with Crippen LogP contribution in [0.3, 0.4) is 0 Å². The van der Waals surface area contributed by atoms with Crippen molar-refractivity contribution in [3.8, 4) is 51.0 Å². The van der Waals surface area contributed by atoms with Crippen molar-refractivity contribution >= 4 is 26.8 Å². The van der Waals surface area contributed by atoms with Crippen molar-refractivity contribution in [2.45, 2.75) is 22.6 Å². The van der Waals surface area contributed by atoms with Gasteiger partial charge >= 0.3 is 0 Å². The number of benzene rings is 5. The summed E-state index contributed by atoms with van der Waals surface area (Å²) in [4.78, 5) is 15.6. The molecule has 0 saturated carbocycles. The average Bonchev–Trinajstić information content (AvgIpc) is 3.57. The second kappa shape index (κ2) is 10.2. The first-order valence-electron chi connectivity index (χ1n) is 15.3. The van der Waals surface area contributed by atoms with Gasteiger partial charge in [-0.05, 0) is 53.8 Å². The number of fused-ring (bicyclic) bond motifs is 6. The lowest BCUT2D eigenvalue weighted by Crippen LogP contribution is -2.09. The summed E-state index contributed by atoms with van der Waals surface area (Å²) in [5.41, 5.74) is 8.44. The monoisotopic (exact) mass is 614 g/mol. The number of nitrogens with zero attached hydrogens (tertiary/aromatic N) is 4. The van der Waals surface area contributed by atoms with Crippen molar-refractivity contribution in [2.75, 3.05) is 0 Å². The van der Waals surface area contributed by atoms with Crippen LogP contribution in [0.4, 0.5) is 0 Å². The Labute approximate surface area is 266 Å². The van der Waals surface area contributed by atoms with E-state index in [9.17, 15) is 8.42 Å². The van der Waals surface area contributed by atoms with E-state index >= 15 is 0 Å². The van der Waals surface area contributed by atoms with E-state index in [1.54, 1.807) is 18.2 Å². The second-order valence-electron chi connectivity index (χ2n) is 11.6. The van der Waals surface area contributed by atoms with E-state index in [2.05, 4.69) is 59.2 Å². The van der Waals surface area contributed by atoms with Crippen LogP contribution in [-0.4, -0.2) is 27.9 Å². The number of para-hydroxylation sites is 1. The van der Waals surface area contributed by atoms with Crippen LogP contribution in [0.2, 0.25) is 0 Å². The molecule has 0 bridgehead atoms. The van der Waals surface area contributed by atoms with Crippen molar-refractivity contribution in [3.05, 3.63) is 139 Å². The minimum atomic E-state index is -3.67. The fourth-order valence-electron chi connectivity index (χ4n) is 6.72. The zero-order chi connectivity index (χ0) is 30.8. The van der Waals surface area contributed by atoms with E-state index in [0.29, 0.717) is 33.6 Å². The molecular formula is C39H26N4O2S. The molecule has 0 atom stereocenters. The predicted molar refractivity (Wildman–Crippen MR) is 181 cm³/mol. The summed E-state index contributed by atoms with van der Waals surface area (Å²) < 4.78 is 29.3. The SMILES string of the molecule is O=S1(=O)c2ccccc2-c2ccc(-c3nc(-c4ccc(-c5ccccc5)cc4)nc(-n4c5c(c6ccccc64)CCC=C5)n3)cc21. The van der Waals surface area contributed by atoms with Crippen LogP contribution in [0.25, 0.3) is 68.0 Å². The van der Waals surface area contributed by atoms with Crippen molar-refractivity contribution in [2.24, 2.45) is 0 Å². The standard InChI is InChI=1S/C39H26N4O2S/c44-46(45)35-17-9-6-14-31(35)32-23-22-28(24-36(32)46)38-40-37(27-20-18-26(19-21-27)25-10-2-1-3-11-25)41-39(42-38)43-33-15-7-4-12-29(33)30-13-5-8-16-34(30)43/h1-4,6-12,14-24H,5,13H2. The van der Waals surface area contributed by atoms with Gasteiger partial charge in [0.25, 0.3) is 0 Å². The van der Waals surface area contributed by atoms with Gasteiger partial charge in [-0.2, -0.15) is 9.97 Å². The zero-order valence-electron chi connectivity index (χ0n) is 24.6. The maximum absolute atomic E-state index is 13.6. The highest BCUT2D eigenvalue weighted by Crippen LogP contribution is 2.44. The van der Waals surface area contributed by atoms with Crippen LogP contribution in [0.1, 0.15) is 17.7 Å². The molecule has 0 N–H and O–H groups in total. The number of hydrogen-bond acceptors (Lipinski definition) is 5. The van der Waals surface area contributed by atoms with E-state index in [-0.39, 0.29) is 4.90 Å². The maximum atomic E-state index is 13.6. The molecule has 0 unspecified atom stereocenters. The lowest BCUT2D eigenvalue weighted by molar-refractivity contribution is 0.598. The molecule has 3 heterocycles. The molecule has 7 heteroatoms. The Morgan fingerprint density at radius 1 is 0.587 bits per heavy atom. The molecule has 220 valence electrons. The van der Waals surface area contributed by atoms with Gasteiger partial charge in [0, 0.05) is 27.6 Å². The summed E-state index contributed by atoms with van der Waals surface area (Å²) in [6, 6.07) is 39.4. The average molecular weight is 615 g/mol. The summed E-state index contributed by atoms with van der Waals surface area (Å²) in [5, 5.41) is 1.18. The van der Waals surface area contributed by atoms with Gasteiger partial charge in [0.2, 0.25) is 15.8 Å². The summed E-state index contributed by atoms with van der Waals surface area (Å²) in [6.45, 7) is 0. The van der Waals surface area contributed by atoms with Gasteiger partial charge < -0.3 is 0 Å². The molecular weight excluding hydrogens is 589 g/mol. The van der Waals surface area contributed by atoms with Crippen molar-refractivity contribution in [1.29, 1.82) is 0 Å². The third-order valence-electron chi connectivity index (χ3n) is 8.93. The van der Waals surface area contributed by atoms with Gasteiger partial charge in [-0.15, -0.1) is 0 Å². The summed E-state index contributed by atoms with van der Waals surface area (Å²) in [6.07, 6.45) is 6.25. The van der Waals surface area contributed by atoms with E-state index in [4.69, 9.17) is 15.0 Å². The molecule has 0 radical (unpaired) electrons. The molecule has 5 aromatic carbocycles. The normalized spacial score (nSPS) is 14.2. The lowest BCUT2D eigenvalue weighted by atomic mass is 10.0. The molecule has 0 fully saturated rings. The zero-order valence-corrected chi connectivity index (χ0v) is 25.4. The number of sulfone groups is 1. The molecule has 7 aromatic rings. The molecule has 0 saturated heterocycles. The highest BCUT2D eigenvalue weighted by atomic mass is 32.2. The largest absolute Gasteiger partial charge is 0.278 e. The third kappa shape index (κ3) is 4.09. The van der Waals surface area contributed by atoms with Gasteiger partial charge in [0.15, 0.2) is 11.6 Å². The Morgan fingerprint density at radius 2 is 1.24 bits per heavy atom.